The van der Waals surface area contributed by atoms with Gasteiger partial charge in [0.1, 0.15) is 0 Å². The number of carboxylic acids is 1. The molecule has 0 bridgehead atoms. The Morgan fingerprint density at radius 3 is 2.48 bits per heavy atom. The van der Waals surface area contributed by atoms with Crippen LogP contribution in [0.15, 0.2) is 0 Å². The van der Waals surface area contributed by atoms with Crippen LogP contribution in [0, 0.1) is 17.8 Å². The summed E-state index contributed by atoms with van der Waals surface area (Å²) in [7, 11) is 0. The number of alkyl halides is 3. The van der Waals surface area contributed by atoms with Crippen molar-refractivity contribution in [1.29, 1.82) is 0 Å². The highest BCUT2D eigenvalue weighted by Crippen LogP contribution is 2.22. The van der Waals surface area contributed by atoms with Crippen LogP contribution >= 0.6 is 0 Å². The zero-order chi connectivity index (χ0) is 16.2. The van der Waals surface area contributed by atoms with Crippen LogP contribution < -0.4 is 5.32 Å². The number of likely N-dealkylation sites (tertiary alicyclic amines) is 1. The van der Waals surface area contributed by atoms with E-state index in [-0.39, 0.29) is 18.4 Å². The Hall–Kier alpha value is -1.31. The normalized spacial score (nSPS) is 22.8. The number of hydrogen-bond donors (Lipinski definition) is 2. The molecule has 1 heterocycles. The quantitative estimate of drug-likeness (QED) is 0.777. The molecule has 0 aromatic heterocycles. The van der Waals surface area contributed by atoms with Gasteiger partial charge in [0, 0.05) is 19.0 Å². The number of carbonyl (C=O) groups excluding carboxylic acids is 1. The van der Waals surface area contributed by atoms with Crippen molar-refractivity contribution in [3.63, 3.8) is 0 Å². The van der Waals surface area contributed by atoms with E-state index in [9.17, 15) is 22.8 Å². The third-order valence-electron chi connectivity index (χ3n) is 3.89. The van der Waals surface area contributed by atoms with Crippen LogP contribution in [0.5, 0.6) is 0 Å². The first-order chi connectivity index (χ1) is 9.60. The minimum Gasteiger partial charge on any atom is -0.481 e. The molecule has 122 valence electrons. The van der Waals surface area contributed by atoms with Crippen molar-refractivity contribution < 1.29 is 27.9 Å². The predicted octanol–water partition coefficient (Wildman–Crippen LogP) is 1.34. The van der Waals surface area contributed by atoms with Crippen LogP contribution in [-0.4, -0.2) is 54.2 Å². The monoisotopic (exact) mass is 310 g/mol. The van der Waals surface area contributed by atoms with Gasteiger partial charge in [-0.1, -0.05) is 13.8 Å². The van der Waals surface area contributed by atoms with Gasteiger partial charge in [-0.2, -0.15) is 13.2 Å². The van der Waals surface area contributed by atoms with E-state index in [1.54, 1.807) is 0 Å². The second kappa shape index (κ2) is 7.11. The molecule has 3 atom stereocenters. The summed E-state index contributed by atoms with van der Waals surface area (Å²) in [4.78, 5) is 23.9. The molecule has 1 aliphatic heterocycles. The van der Waals surface area contributed by atoms with Crippen LogP contribution in [0.3, 0.4) is 0 Å². The van der Waals surface area contributed by atoms with Crippen molar-refractivity contribution in [3.05, 3.63) is 0 Å². The highest BCUT2D eigenvalue weighted by molar-refractivity contribution is 5.84. The molecule has 0 aliphatic carbocycles. The fraction of sp³-hybridized carbons (Fsp3) is 0.846. The summed E-state index contributed by atoms with van der Waals surface area (Å²) in [6.07, 6.45) is -3.61. The summed E-state index contributed by atoms with van der Waals surface area (Å²) in [5.74, 6) is -2.91. The van der Waals surface area contributed by atoms with Crippen molar-refractivity contribution >= 4 is 11.9 Å². The van der Waals surface area contributed by atoms with Gasteiger partial charge in [-0.3, -0.25) is 14.5 Å². The van der Waals surface area contributed by atoms with Crippen LogP contribution in [-0.2, 0) is 9.59 Å². The fourth-order valence-corrected chi connectivity index (χ4v) is 2.32. The fourth-order valence-electron chi connectivity index (χ4n) is 2.32. The average Bonchev–Trinajstić information content (AvgIpc) is 2.79. The molecule has 3 unspecified atom stereocenters. The number of carbonyl (C=O) groups is 2. The maximum absolute atomic E-state index is 12.3. The first-order valence-corrected chi connectivity index (χ1v) is 6.89. The van der Waals surface area contributed by atoms with Crippen LogP contribution in [0.25, 0.3) is 0 Å². The molecule has 0 aromatic rings. The molecule has 0 aromatic carbocycles. The number of hydrogen-bond acceptors (Lipinski definition) is 3. The van der Waals surface area contributed by atoms with E-state index >= 15 is 0 Å². The molecule has 1 fully saturated rings. The highest BCUT2D eigenvalue weighted by atomic mass is 19.4. The van der Waals surface area contributed by atoms with E-state index in [1.165, 1.54) is 18.7 Å². The summed E-state index contributed by atoms with van der Waals surface area (Å²) >= 11 is 0. The largest absolute Gasteiger partial charge is 0.481 e. The van der Waals surface area contributed by atoms with Crippen LogP contribution in [0.4, 0.5) is 13.2 Å². The minimum atomic E-state index is -4.20. The molecule has 21 heavy (non-hydrogen) atoms. The van der Waals surface area contributed by atoms with Gasteiger partial charge in [-0.05, 0) is 18.9 Å². The van der Waals surface area contributed by atoms with E-state index in [1.807, 2.05) is 0 Å². The molecule has 0 saturated carbocycles. The topological polar surface area (TPSA) is 69.6 Å². The van der Waals surface area contributed by atoms with Crippen molar-refractivity contribution in [2.45, 2.75) is 26.4 Å². The second-order valence-electron chi connectivity index (χ2n) is 5.67. The SMILES string of the molecule is CC(C(=O)O)C(C)C(=O)NCC1CCN(CC(F)(F)F)C1. The van der Waals surface area contributed by atoms with Gasteiger partial charge < -0.3 is 10.4 Å². The Labute approximate surface area is 121 Å². The van der Waals surface area contributed by atoms with Crippen LogP contribution in [0.1, 0.15) is 20.3 Å². The van der Waals surface area contributed by atoms with Gasteiger partial charge in [-0.25, -0.2) is 0 Å². The molecule has 1 amide bonds. The van der Waals surface area contributed by atoms with E-state index in [0.29, 0.717) is 19.5 Å². The van der Waals surface area contributed by atoms with Gasteiger partial charge in [0.2, 0.25) is 5.91 Å². The van der Waals surface area contributed by atoms with Crippen molar-refractivity contribution in [1.82, 2.24) is 10.2 Å². The lowest BCUT2D eigenvalue weighted by Gasteiger charge is -2.19. The summed E-state index contributed by atoms with van der Waals surface area (Å²) in [6.45, 7) is 2.99. The van der Waals surface area contributed by atoms with E-state index < -0.39 is 30.5 Å². The number of carboxylic acid groups (broad SMARTS) is 1. The minimum absolute atomic E-state index is 0.0244. The number of halogens is 3. The van der Waals surface area contributed by atoms with Gasteiger partial charge in [0.25, 0.3) is 0 Å². The number of nitrogens with zero attached hydrogens (tertiary/aromatic N) is 1. The van der Waals surface area contributed by atoms with Crippen molar-refractivity contribution in [2.75, 3.05) is 26.2 Å². The third-order valence-corrected chi connectivity index (χ3v) is 3.89. The maximum Gasteiger partial charge on any atom is 0.401 e. The molecular formula is C13H21F3N2O3. The van der Waals surface area contributed by atoms with Gasteiger partial charge in [0.05, 0.1) is 12.5 Å². The van der Waals surface area contributed by atoms with E-state index in [2.05, 4.69) is 5.32 Å². The summed E-state index contributed by atoms with van der Waals surface area (Å²) in [5, 5.41) is 11.5. The third kappa shape index (κ3) is 5.91. The molecule has 1 saturated heterocycles. The Kier molecular flexibility index (Phi) is 6.00. The summed E-state index contributed by atoms with van der Waals surface area (Å²) < 4.78 is 36.8. The zero-order valence-corrected chi connectivity index (χ0v) is 12.1. The Morgan fingerprint density at radius 2 is 1.95 bits per heavy atom. The maximum atomic E-state index is 12.3. The molecule has 0 radical (unpaired) electrons. The van der Waals surface area contributed by atoms with Crippen LogP contribution in [0.2, 0.25) is 0 Å². The predicted molar refractivity (Wildman–Crippen MR) is 69.6 cm³/mol. The first-order valence-electron chi connectivity index (χ1n) is 6.89. The van der Waals surface area contributed by atoms with Gasteiger partial charge in [0.15, 0.2) is 0 Å². The number of rotatable bonds is 6. The van der Waals surface area contributed by atoms with E-state index in [0.717, 1.165) is 0 Å². The van der Waals surface area contributed by atoms with Crippen molar-refractivity contribution in [2.24, 2.45) is 17.8 Å². The van der Waals surface area contributed by atoms with E-state index in [4.69, 9.17) is 5.11 Å². The molecule has 5 nitrogen and oxygen atoms in total. The molecule has 1 rings (SSSR count). The smallest absolute Gasteiger partial charge is 0.401 e. The van der Waals surface area contributed by atoms with Crippen molar-refractivity contribution in [3.8, 4) is 0 Å². The lowest BCUT2D eigenvalue weighted by Crippen LogP contribution is -2.38. The second-order valence-corrected chi connectivity index (χ2v) is 5.67. The number of nitrogens with one attached hydrogen (secondary N) is 1. The molecule has 8 heteroatoms. The summed E-state index contributed by atoms with van der Waals surface area (Å²) in [5.41, 5.74) is 0. The zero-order valence-electron chi connectivity index (χ0n) is 12.1. The number of aliphatic carboxylic acids is 1. The molecule has 2 N–H and O–H groups in total. The lowest BCUT2D eigenvalue weighted by molar-refractivity contribution is -0.146. The average molecular weight is 310 g/mol. The Morgan fingerprint density at radius 1 is 1.33 bits per heavy atom. The highest BCUT2D eigenvalue weighted by Gasteiger charge is 2.34. The molecule has 1 aliphatic rings. The summed E-state index contributed by atoms with van der Waals surface area (Å²) in [6, 6.07) is 0. The lowest BCUT2D eigenvalue weighted by atomic mass is 9.95. The standard InChI is InChI=1S/C13H21F3N2O3/c1-8(9(2)12(20)21)11(19)17-5-10-3-4-18(6-10)7-13(14,15)16/h8-10H,3-7H2,1-2H3,(H,17,19)(H,20,21). The van der Waals surface area contributed by atoms with Gasteiger partial charge >= 0.3 is 12.1 Å². The molecular weight excluding hydrogens is 289 g/mol. The first kappa shape index (κ1) is 17.7. The Bertz CT molecular complexity index is 387. The molecule has 0 spiro atoms. The van der Waals surface area contributed by atoms with Gasteiger partial charge in [-0.15, -0.1) is 0 Å². The Balaban J connectivity index is 2.33. The number of amides is 1.